The Balaban J connectivity index is 1.86. The molecule has 0 amide bonds. The highest BCUT2D eigenvalue weighted by atomic mass is 16.5. The van der Waals surface area contributed by atoms with Gasteiger partial charge in [0.2, 0.25) is 0 Å². The van der Waals surface area contributed by atoms with E-state index in [-0.39, 0.29) is 0 Å². The van der Waals surface area contributed by atoms with Crippen molar-refractivity contribution in [1.82, 2.24) is 5.32 Å². The molecule has 0 saturated heterocycles. The summed E-state index contributed by atoms with van der Waals surface area (Å²) in [6.45, 7) is 3.68. The molecule has 2 aromatic rings. The molecule has 1 atom stereocenters. The third kappa shape index (κ3) is 5.10. The van der Waals surface area contributed by atoms with Crippen LogP contribution in [0.25, 0.3) is 0 Å². The van der Waals surface area contributed by atoms with Crippen molar-refractivity contribution in [3.63, 3.8) is 0 Å². The maximum Gasteiger partial charge on any atom is 0.189 e. The predicted octanol–water partition coefficient (Wildman–Crippen LogP) is 4.62. The molecule has 0 fully saturated rings. The van der Waals surface area contributed by atoms with Crippen molar-refractivity contribution in [1.29, 1.82) is 0 Å². The van der Waals surface area contributed by atoms with Crippen molar-refractivity contribution in [3.8, 4) is 5.75 Å². The monoisotopic (exact) mass is 366 g/mol. The van der Waals surface area contributed by atoms with Gasteiger partial charge in [0.1, 0.15) is 5.75 Å². The molecule has 2 N–H and O–H groups in total. The summed E-state index contributed by atoms with van der Waals surface area (Å²) >= 11 is 0. The van der Waals surface area contributed by atoms with E-state index in [1.807, 2.05) is 54.6 Å². The number of benzene rings is 2. The Morgan fingerprint density at radius 1 is 1.00 bits per heavy atom. The minimum absolute atomic E-state index is 0.716. The van der Waals surface area contributed by atoms with E-state index in [4.69, 9.17) is 4.74 Å². The van der Waals surface area contributed by atoms with Crippen LogP contribution in [-0.4, -0.2) is 24.1 Å². The smallest absolute Gasteiger partial charge is 0.189 e. The number of amidine groups is 1. The Morgan fingerprint density at radius 3 is 2.48 bits per heavy atom. The highest BCUT2D eigenvalue weighted by Gasteiger charge is 2.32. The van der Waals surface area contributed by atoms with Crippen LogP contribution in [-0.2, 0) is 5.72 Å². The Bertz CT molecular complexity index is 728. The fraction of sp³-hybridized carbons (Fsp3) is 0.435. The third-order valence-corrected chi connectivity index (χ3v) is 4.93. The lowest BCUT2D eigenvalue weighted by Crippen LogP contribution is -2.46. The molecule has 0 saturated carbocycles. The van der Waals surface area contributed by atoms with Gasteiger partial charge in [-0.2, -0.15) is 0 Å². The van der Waals surface area contributed by atoms with Gasteiger partial charge in [-0.25, -0.2) is 0 Å². The zero-order valence-electron chi connectivity index (χ0n) is 16.2. The summed E-state index contributed by atoms with van der Waals surface area (Å²) in [7, 11) is 0. The number of hydrogen-bond donors (Lipinski definition) is 2. The van der Waals surface area contributed by atoms with Crippen LogP contribution in [0.4, 0.5) is 0 Å². The minimum atomic E-state index is -1.31. The molecule has 3 rings (SSSR count). The molecule has 144 valence electrons. The molecule has 1 aliphatic heterocycles. The van der Waals surface area contributed by atoms with Crippen LogP contribution in [0, 0.1) is 0 Å². The van der Waals surface area contributed by atoms with Gasteiger partial charge < -0.3 is 15.2 Å². The lowest BCUT2D eigenvalue weighted by atomic mass is 9.93. The van der Waals surface area contributed by atoms with Crippen LogP contribution >= 0.6 is 0 Å². The first-order chi connectivity index (χ1) is 13.2. The zero-order chi connectivity index (χ0) is 19.0. The van der Waals surface area contributed by atoms with Gasteiger partial charge in [0.05, 0.1) is 12.4 Å². The van der Waals surface area contributed by atoms with Gasteiger partial charge >= 0.3 is 0 Å². The first-order valence-electron chi connectivity index (χ1n) is 10.0. The maximum absolute atomic E-state index is 11.7. The topological polar surface area (TPSA) is 53.9 Å². The molecular weight excluding hydrogens is 336 g/mol. The van der Waals surface area contributed by atoms with E-state index in [0.29, 0.717) is 6.61 Å². The van der Waals surface area contributed by atoms with Gasteiger partial charge in [-0.15, -0.1) is 0 Å². The lowest BCUT2D eigenvalue weighted by Gasteiger charge is -2.32. The summed E-state index contributed by atoms with van der Waals surface area (Å²) in [5.74, 6) is 1.71. The number of hydrogen-bond acceptors (Lipinski definition) is 4. The quantitative estimate of drug-likeness (QED) is 0.555. The van der Waals surface area contributed by atoms with E-state index in [1.165, 1.54) is 6.42 Å². The van der Waals surface area contributed by atoms with E-state index in [0.717, 1.165) is 61.4 Å². The van der Waals surface area contributed by atoms with Crippen molar-refractivity contribution < 1.29 is 9.84 Å². The maximum atomic E-state index is 11.7. The van der Waals surface area contributed by atoms with E-state index >= 15 is 0 Å². The van der Waals surface area contributed by atoms with Gasteiger partial charge in [0.25, 0.3) is 0 Å². The Kier molecular flexibility index (Phi) is 6.88. The number of nitrogens with one attached hydrogen (secondary N) is 1. The highest BCUT2D eigenvalue weighted by molar-refractivity contribution is 5.83. The molecule has 0 aromatic heterocycles. The second-order valence-corrected chi connectivity index (χ2v) is 7.07. The summed E-state index contributed by atoms with van der Waals surface area (Å²) in [4.78, 5) is 4.65. The molecule has 0 radical (unpaired) electrons. The summed E-state index contributed by atoms with van der Waals surface area (Å²) in [6, 6.07) is 17.4. The molecule has 2 aromatic carbocycles. The molecule has 27 heavy (non-hydrogen) atoms. The van der Waals surface area contributed by atoms with Gasteiger partial charge in [-0.1, -0.05) is 62.2 Å². The first kappa shape index (κ1) is 19.4. The Hall–Kier alpha value is -2.33. The highest BCUT2D eigenvalue weighted by Crippen LogP contribution is 2.29. The fourth-order valence-electron chi connectivity index (χ4n) is 3.30. The Labute approximate surface area is 162 Å². The number of rotatable bonds is 7. The average molecular weight is 367 g/mol. The molecule has 1 aliphatic rings. The summed E-state index contributed by atoms with van der Waals surface area (Å²) in [6.07, 6.45) is 6.41. The van der Waals surface area contributed by atoms with E-state index in [1.54, 1.807) is 0 Å². The van der Waals surface area contributed by atoms with Gasteiger partial charge in [-0.3, -0.25) is 4.99 Å². The van der Waals surface area contributed by atoms with Crippen molar-refractivity contribution in [2.75, 3.05) is 13.2 Å². The number of nitrogens with zero attached hydrogens (tertiary/aromatic N) is 1. The van der Waals surface area contributed by atoms with Gasteiger partial charge in [0, 0.05) is 24.1 Å². The molecule has 1 heterocycles. The second kappa shape index (κ2) is 9.56. The fourth-order valence-corrected chi connectivity index (χ4v) is 3.30. The number of aliphatic imine (C=N–C) groups is 1. The van der Waals surface area contributed by atoms with Gasteiger partial charge in [0.15, 0.2) is 5.72 Å². The summed E-state index contributed by atoms with van der Waals surface area (Å²) in [5, 5.41) is 15.0. The second-order valence-electron chi connectivity index (χ2n) is 7.07. The SMILES string of the molecule is CCCCOc1ccc(C(O)(NC2=NCCCCC2)c2ccccc2)cc1. The normalized spacial score (nSPS) is 16.7. The third-order valence-electron chi connectivity index (χ3n) is 4.93. The minimum Gasteiger partial charge on any atom is -0.494 e. The van der Waals surface area contributed by atoms with Crippen molar-refractivity contribution in [3.05, 3.63) is 65.7 Å². The average Bonchev–Trinajstić information content (AvgIpc) is 2.98. The van der Waals surface area contributed by atoms with Crippen molar-refractivity contribution in [2.45, 2.75) is 51.2 Å². The van der Waals surface area contributed by atoms with Crippen LogP contribution in [0.3, 0.4) is 0 Å². The van der Waals surface area contributed by atoms with Crippen LogP contribution < -0.4 is 10.1 Å². The number of unbranched alkanes of at least 4 members (excludes halogenated alkanes) is 1. The van der Waals surface area contributed by atoms with E-state index < -0.39 is 5.72 Å². The Morgan fingerprint density at radius 2 is 1.74 bits per heavy atom. The predicted molar refractivity (Wildman–Crippen MR) is 110 cm³/mol. The van der Waals surface area contributed by atoms with Crippen LogP contribution in [0.2, 0.25) is 0 Å². The number of aliphatic hydroxyl groups is 1. The molecule has 0 bridgehead atoms. The molecular formula is C23H30N2O2. The summed E-state index contributed by atoms with van der Waals surface area (Å²) in [5.41, 5.74) is 0.270. The van der Waals surface area contributed by atoms with Crippen molar-refractivity contribution in [2.24, 2.45) is 4.99 Å². The van der Waals surface area contributed by atoms with Crippen molar-refractivity contribution >= 4 is 5.84 Å². The largest absolute Gasteiger partial charge is 0.494 e. The lowest BCUT2D eigenvalue weighted by molar-refractivity contribution is 0.0639. The molecule has 4 heteroatoms. The van der Waals surface area contributed by atoms with Crippen LogP contribution in [0.1, 0.15) is 56.6 Å². The van der Waals surface area contributed by atoms with E-state index in [9.17, 15) is 5.11 Å². The molecule has 4 nitrogen and oxygen atoms in total. The standard InChI is InChI=1S/C23H30N2O2/c1-2-3-18-27-21-15-13-20(14-16-21)23(26,19-10-6-4-7-11-19)25-22-12-8-5-9-17-24-22/h4,6-7,10-11,13-16,26H,2-3,5,8-9,12,17-18H2,1H3,(H,24,25). The zero-order valence-corrected chi connectivity index (χ0v) is 16.2. The summed E-state index contributed by atoms with van der Waals surface area (Å²) < 4.78 is 5.76. The molecule has 0 spiro atoms. The van der Waals surface area contributed by atoms with Crippen LogP contribution in [0.5, 0.6) is 5.75 Å². The molecule has 0 aliphatic carbocycles. The van der Waals surface area contributed by atoms with Gasteiger partial charge in [-0.05, 0) is 31.4 Å². The van der Waals surface area contributed by atoms with Crippen LogP contribution in [0.15, 0.2) is 59.6 Å². The van der Waals surface area contributed by atoms with E-state index in [2.05, 4.69) is 17.2 Å². The first-order valence-corrected chi connectivity index (χ1v) is 10.0. The molecule has 1 unspecified atom stereocenters. The number of ether oxygens (including phenoxy) is 1.